The highest BCUT2D eigenvalue weighted by molar-refractivity contribution is 7.15. The molecule has 0 spiro atoms. The van der Waals surface area contributed by atoms with Crippen molar-refractivity contribution in [1.29, 1.82) is 0 Å². The molecule has 2 N–H and O–H groups in total. The van der Waals surface area contributed by atoms with E-state index in [1.54, 1.807) is 0 Å². The van der Waals surface area contributed by atoms with Crippen LogP contribution < -0.4 is 5.73 Å². The maximum atomic E-state index is 5.61. The summed E-state index contributed by atoms with van der Waals surface area (Å²) in [6, 6.07) is 2.23. The lowest BCUT2D eigenvalue weighted by Crippen LogP contribution is -1.97. The van der Waals surface area contributed by atoms with Gasteiger partial charge in [0.1, 0.15) is 5.69 Å². The molecule has 0 radical (unpaired) electrons. The van der Waals surface area contributed by atoms with E-state index in [4.69, 9.17) is 10.2 Å². The number of nitrogens with two attached hydrogens (primary N) is 1. The maximum Gasteiger partial charge on any atom is 0.181 e. The van der Waals surface area contributed by atoms with Gasteiger partial charge in [-0.15, -0.1) is 11.3 Å². The molecule has 0 saturated heterocycles. The van der Waals surface area contributed by atoms with Crippen molar-refractivity contribution in [3.8, 4) is 10.6 Å². The Morgan fingerprint density at radius 1 is 1.47 bits per heavy atom. The Labute approximate surface area is 91.9 Å². The predicted octanol–water partition coefficient (Wildman–Crippen LogP) is 2.35. The summed E-state index contributed by atoms with van der Waals surface area (Å²) in [6.07, 6.45) is 5.19. The Hall–Kier alpha value is -1.13. The number of nitrogens with zero attached hydrogens (tertiary/aromatic N) is 1. The summed E-state index contributed by atoms with van der Waals surface area (Å²) in [5, 5.41) is 0. The molecule has 2 aromatic rings. The van der Waals surface area contributed by atoms with Gasteiger partial charge in [0.15, 0.2) is 12.2 Å². The molecular weight excluding hydrogens is 208 g/mol. The second-order valence-electron chi connectivity index (χ2n) is 3.74. The van der Waals surface area contributed by atoms with Crippen LogP contribution in [0, 0.1) is 0 Å². The zero-order chi connectivity index (χ0) is 10.3. The summed E-state index contributed by atoms with van der Waals surface area (Å²) in [5.41, 5.74) is 7.94. The Bertz CT molecular complexity index is 465. The molecule has 0 atom stereocenters. The van der Waals surface area contributed by atoms with Gasteiger partial charge in [0.25, 0.3) is 0 Å². The number of hydrogen-bond donors (Lipinski definition) is 1. The first-order valence-corrected chi connectivity index (χ1v) is 5.94. The molecule has 1 aliphatic carbocycles. The van der Waals surface area contributed by atoms with Crippen molar-refractivity contribution < 1.29 is 4.42 Å². The van der Waals surface area contributed by atoms with Crippen molar-refractivity contribution in [3.63, 3.8) is 0 Å². The summed E-state index contributed by atoms with van der Waals surface area (Å²) >= 11 is 1.82. The van der Waals surface area contributed by atoms with Crippen molar-refractivity contribution in [2.45, 2.75) is 25.8 Å². The molecule has 15 heavy (non-hydrogen) atoms. The van der Waals surface area contributed by atoms with E-state index in [1.807, 2.05) is 11.3 Å². The van der Waals surface area contributed by atoms with E-state index in [2.05, 4.69) is 11.1 Å². The number of oxazole rings is 1. The third-order valence-corrected chi connectivity index (χ3v) is 4.04. The number of rotatable bonds is 2. The highest BCUT2D eigenvalue weighted by Crippen LogP contribution is 2.37. The summed E-state index contributed by atoms with van der Waals surface area (Å²) < 4.78 is 5.40. The maximum absolute atomic E-state index is 5.61. The Balaban J connectivity index is 2.05. The predicted molar refractivity (Wildman–Crippen MR) is 59.7 cm³/mol. The van der Waals surface area contributed by atoms with Crippen LogP contribution in [0.15, 0.2) is 16.9 Å². The first-order chi connectivity index (χ1) is 7.38. The Morgan fingerprint density at radius 3 is 3.20 bits per heavy atom. The standard InChI is InChI=1S/C11H12N2OS/c12-5-8-11(14-6-13-8)10-4-7-2-1-3-9(7)15-10/h4,6H,1-3,5,12H2. The fourth-order valence-corrected chi connectivity index (χ4v) is 3.32. The molecule has 4 heteroatoms. The summed E-state index contributed by atoms with van der Waals surface area (Å²) in [5.74, 6) is 0.858. The van der Waals surface area contributed by atoms with Gasteiger partial charge in [-0.3, -0.25) is 0 Å². The van der Waals surface area contributed by atoms with Gasteiger partial charge in [-0.05, 0) is 30.9 Å². The molecule has 1 aliphatic rings. The van der Waals surface area contributed by atoms with Gasteiger partial charge in [0.2, 0.25) is 0 Å². The van der Waals surface area contributed by atoms with E-state index in [0.717, 1.165) is 11.5 Å². The van der Waals surface area contributed by atoms with Crippen molar-refractivity contribution in [2.24, 2.45) is 5.73 Å². The van der Waals surface area contributed by atoms with Gasteiger partial charge in [-0.1, -0.05) is 0 Å². The van der Waals surface area contributed by atoms with Gasteiger partial charge in [0.05, 0.1) is 4.88 Å². The quantitative estimate of drug-likeness (QED) is 0.845. The SMILES string of the molecule is NCc1ncoc1-c1cc2c(s1)CCC2. The highest BCUT2D eigenvalue weighted by Gasteiger charge is 2.18. The van der Waals surface area contributed by atoms with Gasteiger partial charge in [0, 0.05) is 11.4 Å². The van der Waals surface area contributed by atoms with Crippen LogP contribution in [-0.4, -0.2) is 4.98 Å². The zero-order valence-electron chi connectivity index (χ0n) is 8.32. The average Bonchev–Trinajstić information content (AvgIpc) is 2.91. The normalized spacial score (nSPS) is 14.5. The molecule has 2 aromatic heterocycles. The number of hydrogen-bond acceptors (Lipinski definition) is 4. The minimum atomic E-state index is 0.439. The van der Waals surface area contributed by atoms with Crippen molar-refractivity contribution in [3.05, 3.63) is 28.6 Å². The summed E-state index contributed by atoms with van der Waals surface area (Å²) in [4.78, 5) is 6.79. The zero-order valence-corrected chi connectivity index (χ0v) is 9.14. The molecule has 3 rings (SSSR count). The van der Waals surface area contributed by atoms with E-state index >= 15 is 0 Å². The Kier molecular flexibility index (Phi) is 2.11. The third-order valence-electron chi connectivity index (χ3n) is 2.80. The molecule has 0 unspecified atom stereocenters. The molecule has 78 valence electrons. The van der Waals surface area contributed by atoms with Crippen LogP contribution in [0.25, 0.3) is 10.6 Å². The van der Waals surface area contributed by atoms with Gasteiger partial charge < -0.3 is 10.2 Å². The smallest absolute Gasteiger partial charge is 0.181 e. The Morgan fingerprint density at radius 2 is 2.40 bits per heavy atom. The van der Waals surface area contributed by atoms with Crippen LogP contribution in [0.1, 0.15) is 22.6 Å². The largest absolute Gasteiger partial charge is 0.442 e. The number of fused-ring (bicyclic) bond motifs is 1. The van der Waals surface area contributed by atoms with Crippen LogP contribution in [0.2, 0.25) is 0 Å². The van der Waals surface area contributed by atoms with E-state index in [9.17, 15) is 0 Å². The topological polar surface area (TPSA) is 52.0 Å². The van der Waals surface area contributed by atoms with E-state index in [1.165, 1.54) is 41.0 Å². The number of thiophene rings is 1. The van der Waals surface area contributed by atoms with Crippen LogP contribution in [0.5, 0.6) is 0 Å². The van der Waals surface area contributed by atoms with Gasteiger partial charge in [-0.2, -0.15) is 0 Å². The monoisotopic (exact) mass is 220 g/mol. The van der Waals surface area contributed by atoms with Crippen LogP contribution in [0.4, 0.5) is 0 Å². The number of aryl methyl sites for hydroxylation is 2. The van der Waals surface area contributed by atoms with Crippen LogP contribution in [0.3, 0.4) is 0 Å². The summed E-state index contributed by atoms with van der Waals surface area (Å²) in [6.45, 7) is 0.439. The first kappa shape index (κ1) is 9.12. The molecule has 2 heterocycles. The molecule has 0 amide bonds. The van der Waals surface area contributed by atoms with Crippen molar-refractivity contribution in [2.75, 3.05) is 0 Å². The summed E-state index contributed by atoms with van der Waals surface area (Å²) in [7, 11) is 0. The lowest BCUT2D eigenvalue weighted by Gasteiger charge is -1.94. The first-order valence-electron chi connectivity index (χ1n) is 5.13. The van der Waals surface area contributed by atoms with E-state index in [0.29, 0.717) is 6.54 Å². The second-order valence-corrected chi connectivity index (χ2v) is 4.88. The molecule has 0 bridgehead atoms. The highest BCUT2D eigenvalue weighted by atomic mass is 32.1. The van der Waals surface area contributed by atoms with Gasteiger partial charge >= 0.3 is 0 Å². The van der Waals surface area contributed by atoms with E-state index in [-0.39, 0.29) is 0 Å². The number of aromatic nitrogens is 1. The minimum Gasteiger partial charge on any atom is -0.442 e. The van der Waals surface area contributed by atoms with Crippen molar-refractivity contribution in [1.82, 2.24) is 4.98 Å². The second kappa shape index (κ2) is 3.47. The van der Waals surface area contributed by atoms with Crippen LogP contribution >= 0.6 is 11.3 Å². The minimum absolute atomic E-state index is 0.439. The van der Waals surface area contributed by atoms with E-state index < -0.39 is 0 Å². The van der Waals surface area contributed by atoms with Crippen molar-refractivity contribution >= 4 is 11.3 Å². The van der Waals surface area contributed by atoms with Crippen LogP contribution in [-0.2, 0) is 19.4 Å². The average molecular weight is 220 g/mol. The molecular formula is C11H12N2OS. The fourth-order valence-electron chi connectivity index (χ4n) is 2.06. The molecule has 0 saturated carbocycles. The van der Waals surface area contributed by atoms with Gasteiger partial charge in [-0.25, -0.2) is 4.98 Å². The molecule has 0 aliphatic heterocycles. The third kappa shape index (κ3) is 1.41. The fraction of sp³-hybridized carbons (Fsp3) is 0.364. The molecule has 0 fully saturated rings. The molecule has 3 nitrogen and oxygen atoms in total. The lowest BCUT2D eigenvalue weighted by molar-refractivity contribution is 0.572. The molecule has 0 aromatic carbocycles. The lowest BCUT2D eigenvalue weighted by atomic mass is 10.2.